The fourth-order valence-electron chi connectivity index (χ4n) is 1.54. The summed E-state index contributed by atoms with van der Waals surface area (Å²) in [5, 5.41) is 5.01. The van der Waals surface area contributed by atoms with Crippen molar-refractivity contribution in [3.8, 4) is 0 Å². The molecule has 0 saturated carbocycles. The van der Waals surface area contributed by atoms with Gasteiger partial charge in [0, 0.05) is 20.2 Å². The van der Waals surface area contributed by atoms with Gasteiger partial charge in [0.05, 0.1) is 6.54 Å². The Balaban J connectivity index is 2.41. The molecule has 0 spiro atoms. The Bertz CT molecular complexity index is 553. The van der Waals surface area contributed by atoms with Crippen molar-refractivity contribution >= 4 is 23.8 Å². The maximum atomic E-state index is 11.8. The first-order valence-corrected chi connectivity index (χ1v) is 6.91. The Labute approximate surface area is 130 Å². The Morgan fingerprint density at radius 3 is 2.41 bits per heavy atom. The van der Waals surface area contributed by atoms with Crippen LogP contribution in [0.15, 0.2) is 36.4 Å². The first kappa shape index (κ1) is 17.4. The summed E-state index contributed by atoms with van der Waals surface area (Å²) in [4.78, 5) is 36.2. The van der Waals surface area contributed by atoms with Crippen molar-refractivity contribution in [3.05, 3.63) is 42.0 Å². The van der Waals surface area contributed by atoms with E-state index in [0.717, 1.165) is 5.56 Å². The Morgan fingerprint density at radius 2 is 1.82 bits per heavy atom. The highest BCUT2D eigenvalue weighted by Gasteiger charge is 2.15. The molecule has 6 heteroatoms. The van der Waals surface area contributed by atoms with Crippen LogP contribution in [0.3, 0.4) is 0 Å². The molecule has 0 heterocycles. The zero-order valence-electron chi connectivity index (χ0n) is 13.0. The van der Waals surface area contributed by atoms with E-state index in [1.807, 2.05) is 30.3 Å². The number of rotatable bonds is 6. The second kappa shape index (κ2) is 8.61. The summed E-state index contributed by atoms with van der Waals surface area (Å²) in [6.07, 6.45) is 3.03. The number of benzene rings is 1. The zero-order chi connectivity index (χ0) is 16.5. The van der Waals surface area contributed by atoms with Gasteiger partial charge in [0.15, 0.2) is 0 Å². The van der Waals surface area contributed by atoms with Crippen LogP contribution in [-0.2, 0) is 14.4 Å². The topological polar surface area (TPSA) is 78.5 Å². The van der Waals surface area contributed by atoms with E-state index < -0.39 is 11.9 Å². The van der Waals surface area contributed by atoms with E-state index in [0.29, 0.717) is 0 Å². The van der Waals surface area contributed by atoms with Crippen molar-refractivity contribution < 1.29 is 14.4 Å². The number of nitrogens with one attached hydrogen (secondary N) is 2. The summed E-state index contributed by atoms with van der Waals surface area (Å²) in [6, 6.07) is 8.64. The summed E-state index contributed by atoms with van der Waals surface area (Å²) >= 11 is 0. The van der Waals surface area contributed by atoms with Gasteiger partial charge in [0.25, 0.3) is 0 Å². The minimum atomic E-state index is -0.720. The van der Waals surface area contributed by atoms with E-state index in [9.17, 15) is 14.4 Å². The van der Waals surface area contributed by atoms with Crippen LogP contribution in [0.5, 0.6) is 0 Å². The molecule has 1 aromatic rings. The van der Waals surface area contributed by atoms with Gasteiger partial charge in [0.1, 0.15) is 6.04 Å². The maximum absolute atomic E-state index is 11.8. The van der Waals surface area contributed by atoms with Gasteiger partial charge in [-0.25, -0.2) is 0 Å². The van der Waals surface area contributed by atoms with E-state index in [1.54, 1.807) is 27.1 Å². The number of likely N-dealkylation sites (N-methyl/N-ethyl adjacent to an activating group) is 1. The molecule has 0 aliphatic carbocycles. The second-order valence-electron chi connectivity index (χ2n) is 4.98. The minimum absolute atomic E-state index is 0.0914. The molecule has 6 nitrogen and oxygen atoms in total. The number of carbonyl (C=O) groups excluding carboxylic acids is 3. The largest absolute Gasteiger partial charge is 0.347 e. The van der Waals surface area contributed by atoms with E-state index in [4.69, 9.17) is 0 Å². The molecule has 0 aromatic heterocycles. The Morgan fingerprint density at radius 1 is 1.18 bits per heavy atom. The van der Waals surface area contributed by atoms with Crippen molar-refractivity contribution in [2.75, 3.05) is 20.6 Å². The van der Waals surface area contributed by atoms with Crippen molar-refractivity contribution in [1.82, 2.24) is 15.5 Å². The molecule has 2 N–H and O–H groups in total. The molecular formula is C16H21N3O3. The monoisotopic (exact) mass is 303 g/mol. The molecule has 0 bridgehead atoms. The van der Waals surface area contributed by atoms with Crippen LogP contribution in [0.25, 0.3) is 6.08 Å². The lowest BCUT2D eigenvalue weighted by Gasteiger charge is -2.14. The van der Waals surface area contributed by atoms with E-state index >= 15 is 0 Å². The molecule has 3 amide bonds. The fourth-order valence-corrected chi connectivity index (χ4v) is 1.54. The smallest absolute Gasteiger partial charge is 0.244 e. The average molecular weight is 303 g/mol. The van der Waals surface area contributed by atoms with E-state index in [-0.39, 0.29) is 18.4 Å². The first-order valence-electron chi connectivity index (χ1n) is 6.91. The lowest BCUT2D eigenvalue weighted by molar-refractivity contribution is -0.131. The molecule has 0 fully saturated rings. The van der Waals surface area contributed by atoms with Gasteiger partial charge in [-0.15, -0.1) is 0 Å². The van der Waals surface area contributed by atoms with Crippen LogP contribution in [0.1, 0.15) is 12.5 Å². The first-order chi connectivity index (χ1) is 10.4. The second-order valence-corrected chi connectivity index (χ2v) is 4.98. The number of nitrogens with zero attached hydrogens (tertiary/aromatic N) is 1. The van der Waals surface area contributed by atoms with Crippen molar-refractivity contribution in [2.45, 2.75) is 13.0 Å². The SMILES string of the molecule is C[C@H](NC(=O)/C=C/c1ccccc1)C(=O)NCC(=O)N(C)C. The third-order valence-electron chi connectivity index (χ3n) is 2.89. The number of carbonyl (C=O) groups is 3. The van der Waals surface area contributed by atoms with Crippen molar-refractivity contribution in [2.24, 2.45) is 0 Å². The third kappa shape index (κ3) is 6.21. The highest BCUT2D eigenvalue weighted by Crippen LogP contribution is 2.00. The predicted molar refractivity (Wildman–Crippen MR) is 84.8 cm³/mol. The van der Waals surface area contributed by atoms with Crippen molar-refractivity contribution in [1.29, 1.82) is 0 Å². The summed E-state index contributed by atoms with van der Waals surface area (Å²) < 4.78 is 0. The van der Waals surface area contributed by atoms with Crippen LogP contribution in [0.2, 0.25) is 0 Å². The van der Waals surface area contributed by atoms with Crippen LogP contribution in [0, 0.1) is 0 Å². The average Bonchev–Trinajstić information content (AvgIpc) is 2.51. The summed E-state index contributed by atoms with van der Waals surface area (Å²) in [7, 11) is 3.21. The number of hydrogen-bond donors (Lipinski definition) is 2. The normalized spacial score (nSPS) is 11.8. The van der Waals surface area contributed by atoms with Gasteiger partial charge in [0.2, 0.25) is 17.7 Å². The summed E-state index contributed by atoms with van der Waals surface area (Å²) in [5.41, 5.74) is 0.895. The minimum Gasteiger partial charge on any atom is -0.347 e. The molecule has 0 saturated heterocycles. The van der Waals surface area contributed by atoms with Gasteiger partial charge < -0.3 is 15.5 Å². The van der Waals surface area contributed by atoms with E-state index in [1.165, 1.54) is 11.0 Å². The van der Waals surface area contributed by atoms with Gasteiger partial charge in [-0.3, -0.25) is 14.4 Å². The molecule has 118 valence electrons. The van der Waals surface area contributed by atoms with Gasteiger partial charge in [-0.05, 0) is 18.6 Å². The third-order valence-corrected chi connectivity index (χ3v) is 2.89. The maximum Gasteiger partial charge on any atom is 0.244 e. The van der Waals surface area contributed by atoms with Crippen molar-refractivity contribution in [3.63, 3.8) is 0 Å². The van der Waals surface area contributed by atoms with Crippen LogP contribution < -0.4 is 10.6 Å². The van der Waals surface area contributed by atoms with Gasteiger partial charge in [-0.2, -0.15) is 0 Å². The molecule has 0 aliphatic heterocycles. The van der Waals surface area contributed by atoms with Crippen LogP contribution >= 0.6 is 0 Å². The number of hydrogen-bond acceptors (Lipinski definition) is 3. The fraction of sp³-hybridized carbons (Fsp3) is 0.312. The highest BCUT2D eigenvalue weighted by molar-refractivity contribution is 5.96. The molecular weight excluding hydrogens is 282 g/mol. The molecule has 22 heavy (non-hydrogen) atoms. The molecule has 0 radical (unpaired) electrons. The zero-order valence-corrected chi connectivity index (χ0v) is 13.0. The summed E-state index contributed by atoms with van der Waals surface area (Å²) in [6.45, 7) is 1.47. The highest BCUT2D eigenvalue weighted by atomic mass is 16.2. The molecule has 0 unspecified atom stereocenters. The lowest BCUT2D eigenvalue weighted by atomic mass is 10.2. The lowest BCUT2D eigenvalue weighted by Crippen LogP contribution is -2.47. The van der Waals surface area contributed by atoms with Gasteiger partial charge in [-0.1, -0.05) is 30.3 Å². The Hall–Kier alpha value is -2.63. The van der Waals surface area contributed by atoms with E-state index in [2.05, 4.69) is 10.6 Å². The standard InChI is InChI=1S/C16H21N3O3/c1-12(16(22)17-11-15(21)19(2)3)18-14(20)10-9-13-7-5-4-6-8-13/h4-10,12H,11H2,1-3H3,(H,17,22)(H,18,20)/b10-9+/t12-/m0/s1. The van der Waals surface area contributed by atoms with Crippen LogP contribution in [-0.4, -0.2) is 49.3 Å². The van der Waals surface area contributed by atoms with Crippen LogP contribution in [0.4, 0.5) is 0 Å². The number of amides is 3. The predicted octanol–water partition coefficient (Wildman–Crippen LogP) is 0.409. The Kier molecular flexibility index (Phi) is 6.82. The quantitative estimate of drug-likeness (QED) is 0.747. The molecule has 1 aromatic carbocycles. The summed E-state index contributed by atoms with van der Waals surface area (Å²) in [5.74, 6) is -0.988. The molecule has 1 atom stereocenters. The van der Waals surface area contributed by atoms with Gasteiger partial charge >= 0.3 is 0 Å². The molecule has 0 aliphatic rings. The molecule has 1 rings (SSSR count).